The van der Waals surface area contributed by atoms with Crippen LogP contribution in [0, 0.1) is 5.92 Å². The van der Waals surface area contributed by atoms with Crippen LogP contribution >= 0.6 is 12.2 Å². The van der Waals surface area contributed by atoms with Gasteiger partial charge in [-0.25, -0.2) is 9.97 Å². The average molecular weight is 292 g/mol. The molecule has 1 aliphatic carbocycles. The summed E-state index contributed by atoms with van der Waals surface area (Å²) in [4.78, 5) is 11.1. The summed E-state index contributed by atoms with van der Waals surface area (Å²) in [6, 6.07) is 0. The van der Waals surface area contributed by atoms with Crippen molar-refractivity contribution in [2.45, 2.75) is 37.7 Å². The molecule has 108 valence electrons. The molecular formula is C14H20N4OS. The zero-order valence-corrected chi connectivity index (χ0v) is 12.3. The van der Waals surface area contributed by atoms with Crippen LogP contribution < -0.4 is 10.6 Å². The molecule has 1 saturated carbocycles. The maximum absolute atomic E-state index is 10.7. The van der Waals surface area contributed by atoms with Crippen molar-refractivity contribution in [1.29, 1.82) is 0 Å². The normalized spacial score (nSPS) is 29.9. The summed E-state index contributed by atoms with van der Waals surface area (Å²) < 4.78 is 0. The lowest BCUT2D eigenvalue weighted by atomic mass is 9.71. The zero-order valence-electron chi connectivity index (χ0n) is 11.5. The number of anilines is 1. The summed E-state index contributed by atoms with van der Waals surface area (Å²) >= 11 is 4.88. The van der Waals surface area contributed by atoms with Crippen LogP contribution in [0.25, 0.3) is 0 Å². The second kappa shape index (κ2) is 5.26. The van der Waals surface area contributed by atoms with Crippen molar-refractivity contribution < 1.29 is 5.11 Å². The highest BCUT2D eigenvalue weighted by molar-refractivity contribution is 7.80. The van der Waals surface area contributed by atoms with Crippen molar-refractivity contribution in [3.05, 3.63) is 18.1 Å². The summed E-state index contributed by atoms with van der Waals surface area (Å²) in [6.07, 6.45) is 8.57. The molecule has 2 unspecified atom stereocenters. The van der Waals surface area contributed by atoms with Crippen molar-refractivity contribution >= 4 is 23.0 Å². The largest absolute Gasteiger partial charge is 0.389 e. The van der Waals surface area contributed by atoms with Gasteiger partial charge in [0.1, 0.15) is 16.5 Å². The number of nitrogens with two attached hydrogens (primary N) is 1. The Labute approximate surface area is 124 Å². The number of fused-ring (bicyclic) bond motifs is 1. The van der Waals surface area contributed by atoms with Gasteiger partial charge in [0.2, 0.25) is 0 Å². The summed E-state index contributed by atoms with van der Waals surface area (Å²) in [6.45, 7) is 1.69. The number of rotatable bonds is 2. The van der Waals surface area contributed by atoms with Crippen molar-refractivity contribution in [2.24, 2.45) is 11.7 Å². The molecule has 2 aliphatic rings. The van der Waals surface area contributed by atoms with Crippen LogP contribution in [0.4, 0.5) is 5.82 Å². The molecule has 20 heavy (non-hydrogen) atoms. The number of aliphatic hydroxyl groups is 1. The number of nitrogens with zero attached hydrogens (tertiary/aromatic N) is 3. The number of hydrogen-bond donors (Lipinski definition) is 2. The predicted molar refractivity (Wildman–Crippen MR) is 81.7 cm³/mol. The van der Waals surface area contributed by atoms with Gasteiger partial charge in [-0.05, 0) is 19.3 Å². The van der Waals surface area contributed by atoms with Crippen LogP contribution in [0.3, 0.4) is 0 Å². The Hall–Kier alpha value is -1.27. The molecule has 2 fully saturated rings. The van der Waals surface area contributed by atoms with Crippen LogP contribution in [0.1, 0.15) is 37.8 Å². The smallest absolute Gasteiger partial charge is 0.147 e. The Balaban J connectivity index is 1.74. The van der Waals surface area contributed by atoms with Gasteiger partial charge in [-0.15, -0.1) is 0 Å². The fourth-order valence-corrected chi connectivity index (χ4v) is 3.50. The fourth-order valence-electron chi connectivity index (χ4n) is 3.39. The zero-order chi connectivity index (χ0) is 14.2. The lowest BCUT2D eigenvalue weighted by Gasteiger charge is -2.47. The second-order valence-electron chi connectivity index (χ2n) is 5.87. The topological polar surface area (TPSA) is 75.3 Å². The lowest BCUT2D eigenvalue weighted by molar-refractivity contribution is -0.0613. The summed E-state index contributed by atoms with van der Waals surface area (Å²) in [5, 5.41) is 10.7. The monoisotopic (exact) mass is 292 g/mol. The van der Waals surface area contributed by atoms with Gasteiger partial charge in [0.05, 0.1) is 18.0 Å². The highest BCUT2D eigenvalue weighted by Crippen LogP contribution is 2.40. The summed E-state index contributed by atoms with van der Waals surface area (Å²) in [7, 11) is 0. The van der Waals surface area contributed by atoms with Gasteiger partial charge in [0.15, 0.2) is 0 Å². The van der Waals surface area contributed by atoms with E-state index in [9.17, 15) is 5.11 Å². The summed E-state index contributed by atoms with van der Waals surface area (Å²) in [5.41, 5.74) is 5.62. The van der Waals surface area contributed by atoms with E-state index < -0.39 is 5.60 Å². The Morgan fingerprint density at radius 1 is 1.35 bits per heavy atom. The number of piperidine rings is 1. The van der Waals surface area contributed by atoms with Crippen molar-refractivity contribution in [2.75, 3.05) is 18.0 Å². The van der Waals surface area contributed by atoms with Gasteiger partial charge < -0.3 is 15.7 Å². The second-order valence-corrected chi connectivity index (χ2v) is 6.31. The van der Waals surface area contributed by atoms with E-state index in [4.69, 9.17) is 18.0 Å². The van der Waals surface area contributed by atoms with Gasteiger partial charge in [-0.1, -0.05) is 25.1 Å². The van der Waals surface area contributed by atoms with E-state index in [2.05, 4.69) is 14.9 Å². The molecule has 3 N–H and O–H groups in total. The number of thiocarbonyl (C=S) groups is 1. The maximum atomic E-state index is 10.7. The number of aromatic nitrogens is 2. The first-order valence-corrected chi connectivity index (χ1v) is 7.58. The Morgan fingerprint density at radius 3 is 2.90 bits per heavy atom. The summed E-state index contributed by atoms with van der Waals surface area (Å²) in [5.74, 6) is 1.19. The molecule has 1 aromatic heterocycles. The third-order valence-corrected chi connectivity index (χ3v) is 4.85. The maximum Gasteiger partial charge on any atom is 0.147 e. The minimum absolute atomic E-state index is 0.268. The standard InChI is InChI=1S/C14H20N4OS/c15-13(20)11-7-17-12(8-16-11)18-6-5-14(19)4-2-1-3-10(14)9-18/h7-8,10,19H,1-6,9H2,(H2,15,20). The molecule has 0 bridgehead atoms. The minimum Gasteiger partial charge on any atom is -0.389 e. The third kappa shape index (κ3) is 2.50. The van der Waals surface area contributed by atoms with E-state index in [0.717, 1.165) is 44.6 Å². The van der Waals surface area contributed by atoms with Crippen molar-refractivity contribution in [1.82, 2.24) is 9.97 Å². The molecule has 0 radical (unpaired) electrons. The van der Waals surface area contributed by atoms with E-state index in [1.54, 1.807) is 12.4 Å². The molecular weight excluding hydrogens is 272 g/mol. The van der Waals surface area contributed by atoms with Crippen LogP contribution in [0.5, 0.6) is 0 Å². The highest BCUT2D eigenvalue weighted by Gasteiger charge is 2.42. The van der Waals surface area contributed by atoms with Gasteiger partial charge in [-0.3, -0.25) is 0 Å². The van der Waals surface area contributed by atoms with E-state index >= 15 is 0 Å². The van der Waals surface area contributed by atoms with Gasteiger partial charge in [0, 0.05) is 19.0 Å². The first-order valence-electron chi connectivity index (χ1n) is 7.18. The van der Waals surface area contributed by atoms with Gasteiger partial charge >= 0.3 is 0 Å². The first-order chi connectivity index (χ1) is 9.58. The molecule has 1 aromatic rings. The average Bonchev–Trinajstić information content (AvgIpc) is 2.46. The third-order valence-electron chi connectivity index (χ3n) is 4.64. The molecule has 5 nitrogen and oxygen atoms in total. The van der Waals surface area contributed by atoms with Crippen molar-refractivity contribution in [3.8, 4) is 0 Å². The molecule has 3 rings (SSSR count). The van der Waals surface area contributed by atoms with Crippen LogP contribution in [0.15, 0.2) is 12.4 Å². The molecule has 6 heteroatoms. The van der Waals surface area contributed by atoms with Crippen molar-refractivity contribution in [3.63, 3.8) is 0 Å². The van der Waals surface area contributed by atoms with Gasteiger partial charge in [-0.2, -0.15) is 0 Å². The molecule has 2 atom stereocenters. The molecule has 0 aromatic carbocycles. The SMILES string of the molecule is NC(=S)c1cnc(N2CCC3(O)CCCCC3C2)cn1. The predicted octanol–water partition coefficient (Wildman–Crippen LogP) is 1.24. The van der Waals surface area contributed by atoms with E-state index in [0.29, 0.717) is 11.6 Å². The molecule has 1 aliphatic heterocycles. The van der Waals surface area contributed by atoms with Crippen LogP contribution in [0.2, 0.25) is 0 Å². The van der Waals surface area contributed by atoms with Crippen LogP contribution in [-0.4, -0.2) is 38.8 Å². The molecule has 0 spiro atoms. The quantitative estimate of drug-likeness (QED) is 0.799. The lowest BCUT2D eigenvalue weighted by Crippen LogP contribution is -2.53. The van der Waals surface area contributed by atoms with E-state index in [-0.39, 0.29) is 4.99 Å². The first kappa shape index (κ1) is 13.7. The number of hydrogen-bond acceptors (Lipinski definition) is 5. The van der Waals surface area contributed by atoms with Crippen LogP contribution in [-0.2, 0) is 0 Å². The molecule has 1 saturated heterocycles. The Kier molecular flexibility index (Phi) is 3.60. The van der Waals surface area contributed by atoms with E-state index in [1.165, 1.54) is 6.42 Å². The van der Waals surface area contributed by atoms with Gasteiger partial charge in [0.25, 0.3) is 0 Å². The molecule has 0 amide bonds. The molecule has 2 heterocycles. The van der Waals surface area contributed by atoms with E-state index in [1.807, 2.05) is 0 Å². The fraction of sp³-hybridized carbons (Fsp3) is 0.643. The highest BCUT2D eigenvalue weighted by atomic mass is 32.1. The minimum atomic E-state index is -0.457. The Morgan fingerprint density at radius 2 is 2.20 bits per heavy atom. The Bertz CT molecular complexity index is 506.